The van der Waals surface area contributed by atoms with E-state index in [-0.39, 0.29) is 0 Å². The Balaban J connectivity index is 0. The van der Waals surface area contributed by atoms with E-state index in [0.717, 1.165) is 5.06 Å². The third-order valence-corrected chi connectivity index (χ3v) is 0. The number of hydrogen-bond donors (Lipinski definition) is 2. The van der Waals surface area contributed by atoms with E-state index in [1.54, 1.807) is 14.1 Å². The second kappa shape index (κ2) is 8.86. The molecule has 0 bridgehead atoms. The van der Waals surface area contributed by atoms with Crippen LogP contribution < -0.4 is 5.73 Å². The van der Waals surface area contributed by atoms with Gasteiger partial charge in [-0.3, -0.25) is 0 Å². The topological polar surface area (TPSA) is 49.5 Å². The monoisotopic (exact) mass is 92.1 g/mol. The van der Waals surface area contributed by atoms with Crippen molar-refractivity contribution in [2.75, 3.05) is 21.1 Å². The highest BCUT2D eigenvalue weighted by Crippen LogP contribution is 1.46. The molecule has 0 heterocycles. The van der Waals surface area contributed by atoms with Crippen LogP contribution in [0.15, 0.2) is 0 Å². The molecule has 0 saturated carbocycles. The van der Waals surface area contributed by atoms with Crippen molar-refractivity contribution < 1.29 is 5.21 Å². The van der Waals surface area contributed by atoms with Crippen LogP contribution >= 0.6 is 0 Å². The van der Waals surface area contributed by atoms with Gasteiger partial charge in [-0.25, -0.2) is 0 Å². The summed E-state index contributed by atoms with van der Waals surface area (Å²) < 4.78 is 0. The SMILES string of the molecule is CN.CN(C)O. The Morgan fingerprint density at radius 3 is 1.33 bits per heavy atom. The van der Waals surface area contributed by atoms with Crippen molar-refractivity contribution in [3.8, 4) is 0 Å². The molecule has 0 saturated heterocycles. The fourth-order valence-electron chi connectivity index (χ4n) is 0. The predicted molar refractivity (Wildman–Crippen MR) is 25.6 cm³/mol. The summed E-state index contributed by atoms with van der Waals surface area (Å²) in [6.07, 6.45) is 0. The van der Waals surface area contributed by atoms with E-state index in [0.29, 0.717) is 0 Å². The number of hydroxylamine groups is 2. The number of nitrogens with zero attached hydrogens (tertiary/aromatic N) is 1. The van der Waals surface area contributed by atoms with Gasteiger partial charge in [-0.1, -0.05) is 0 Å². The van der Waals surface area contributed by atoms with Gasteiger partial charge in [0.1, 0.15) is 0 Å². The van der Waals surface area contributed by atoms with Gasteiger partial charge < -0.3 is 10.9 Å². The maximum atomic E-state index is 7.89. The van der Waals surface area contributed by atoms with Crippen LogP contribution in [0.4, 0.5) is 0 Å². The van der Waals surface area contributed by atoms with Gasteiger partial charge in [-0.2, -0.15) is 5.06 Å². The lowest BCUT2D eigenvalue weighted by Gasteiger charge is -1.89. The molecule has 0 aromatic carbocycles. The summed E-state index contributed by atoms with van der Waals surface area (Å²) in [6, 6.07) is 0. The average molecular weight is 92.1 g/mol. The standard InChI is InChI=1S/C2H7NO.CH5N/c1-3(2)4;1-2/h4H,1-2H3;2H2,1H3. The molecule has 40 valence electrons. The van der Waals surface area contributed by atoms with E-state index in [4.69, 9.17) is 5.21 Å². The number of hydrogen-bond acceptors (Lipinski definition) is 3. The second-order valence-corrected chi connectivity index (χ2v) is 0.847. The Morgan fingerprint density at radius 2 is 1.33 bits per heavy atom. The van der Waals surface area contributed by atoms with Crippen molar-refractivity contribution in [1.29, 1.82) is 0 Å². The van der Waals surface area contributed by atoms with Crippen LogP contribution in [0.1, 0.15) is 0 Å². The lowest BCUT2D eigenvalue weighted by atomic mass is 11.2. The van der Waals surface area contributed by atoms with E-state index in [1.807, 2.05) is 0 Å². The lowest BCUT2D eigenvalue weighted by Crippen LogP contribution is -2.01. The molecular weight excluding hydrogens is 80.0 g/mol. The smallest absolute Gasteiger partial charge is 0.0121 e. The fourth-order valence-corrected chi connectivity index (χ4v) is 0. The predicted octanol–water partition coefficient (Wildman–Crippen LogP) is -0.488. The first kappa shape index (κ1) is 9.30. The summed E-state index contributed by atoms with van der Waals surface area (Å²) in [5, 5.41) is 8.89. The van der Waals surface area contributed by atoms with Crippen LogP contribution in [-0.4, -0.2) is 31.4 Å². The minimum atomic E-state index is 1.00. The molecule has 0 amide bonds. The Kier molecular flexibility index (Phi) is 13.7. The molecule has 0 unspecified atom stereocenters. The Morgan fingerprint density at radius 1 is 1.33 bits per heavy atom. The Labute approximate surface area is 38.3 Å². The highest BCUT2D eigenvalue weighted by Gasteiger charge is 1.59. The van der Waals surface area contributed by atoms with Gasteiger partial charge in [0, 0.05) is 14.1 Å². The molecule has 0 atom stereocenters. The zero-order valence-electron chi connectivity index (χ0n) is 4.47. The summed E-state index contributed by atoms with van der Waals surface area (Å²) in [7, 11) is 4.61. The highest BCUT2D eigenvalue weighted by atomic mass is 16.5. The maximum absolute atomic E-state index is 7.89. The third kappa shape index (κ3) is 2230. The molecule has 3 N–H and O–H groups in total. The minimum absolute atomic E-state index is 1.00. The summed E-state index contributed by atoms with van der Waals surface area (Å²) in [5.41, 5.74) is 4.50. The lowest BCUT2D eigenvalue weighted by molar-refractivity contribution is -0.0372. The van der Waals surface area contributed by atoms with Crippen LogP contribution in [0.5, 0.6) is 0 Å². The zero-order chi connectivity index (χ0) is 5.58. The van der Waals surface area contributed by atoms with Crippen molar-refractivity contribution in [1.82, 2.24) is 5.06 Å². The third-order valence-electron chi connectivity index (χ3n) is 0. The number of rotatable bonds is 0. The van der Waals surface area contributed by atoms with Crippen LogP contribution in [0, 0.1) is 0 Å². The van der Waals surface area contributed by atoms with Crippen LogP contribution in [-0.2, 0) is 0 Å². The quantitative estimate of drug-likeness (QED) is 0.396. The van der Waals surface area contributed by atoms with Crippen molar-refractivity contribution in [2.24, 2.45) is 5.73 Å². The Bertz CT molecular complexity index is 13.5. The van der Waals surface area contributed by atoms with Gasteiger partial charge >= 0.3 is 0 Å². The van der Waals surface area contributed by atoms with E-state index >= 15 is 0 Å². The van der Waals surface area contributed by atoms with Crippen LogP contribution in [0.3, 0.4) is 0 Å². The Hall–Kier alpha value is -0.120. The van der Waals surface area contributed by atoms with Gasteiger partial charge in [0.05, 0.1) is 0 Å². The molecule has 0 aliphatic rings. The van der Waals surface area contributed by atoms with Gasteiger partial charge in [0.25, 0.3) is 0 Å². The molecule has 6 heavy (non-hydrogen) atoms. The summed E-state index contributed by atoms with van der Waals surface area (Å²) in [5.74, 6) is 0. The van der Waals surface area contributed by atoms with Crippen molar-refractivity contribution in [2.45, 2.75) is 0 Å². The van der Waals surface area contributed by atoms with E-state index < -0.39 is 0 Å². The maximum Gasteiger partial charge on any atom is 0.0121 e. The summed E-state index contributed by atoms with van der Waals surface area (Å²) >= 11 is 0. The normalized spacial score (nSPS) is 7.00. The summed E-state index contributed by atoms with van der Waals surface area (Å²) in [4.78, 5) is 0. The summed E-state index contributed by atoms with van der Waals surface area (Å²) in [6.45, 7) is 0. The fraction of sp³-hybridized carbons (Fsp3) is 1.00. The van der Waals surface area contributed by atoms with E-state index in [1.165, 1.54) is 7.05 Å². The molecule has 0 rings (SSSR count). The van der Waals surface area contributed by atoms with Gasteiger partial charge in [-0.05, 0) is 7.05 Å². The molecule has 0 radical (unpaired) electrons. The van der Waals surface area contributed by atoms with Crippen molar-refractivity contribution in [3.63, 3.8) is 0 Å². The highest BCUT2D eigenvalue weighted by molar-refractivity contribution is 3.90. The molecule has 0 aromatic rings. The van der Waals surface area contributed by atoms with E-state index in [9.17, 15) is 0 Å². The molecule has 0 aliphatic carbocycles. The van der Waals surface area contributed by atoms with Gasteiger partial charge in [-0.15, -0.1) is 0 Å². The molecular formula is C3H12N2O. The molecule has 0 aromatic heterocycles. The first-order valence-corrected chi connectivity index (χ1v) is 1.67. The average Bonchev–Trinajstić information content (AvgIpc) is 1.41. The van der Waals surface area contributed by atoms with Gasteiger partial charge in [0.15, 0.2) is 0 Å². The van der Waals surface area contributed by atoms with Crippen molar-refractivity contribution >= 4 is 0 Å². The number of nitrogens with two attached hydrogens (primary N) is 1. The molecule has 3 heteroatoms. The molecule has 0 spiro atoms. The molecule has 0 fully saturated rings. The first-order chi connectivity index (χ1) is 2.73. The van der Waals surface area contributed by atoms with Crippen molar-refractivity contribution in [3.05, 3.63) is 0 Å². The first-order valence-electron chi connectivity index (χ1n) is 1.67. The molecule has 0 aliphatic heterocycles. The minimum Gasteiger partial charge on any atom is -0.333 e. The van der Waals surface area contributed by atoms with Crippen LogP contribution in [0.25, 0.3) is 0 Å². The largest absolute Gasteiger partial charge is 0.333 e. The van der Waals surface area contributed by atoms with E-state index in [2.05, 4.69) is 5.73 Å². The second-order valence-electron chi connectivity index (χ2n) is 0.847. The zero-order valence-corrected chi connectivity index (χ0v) is 4.47. The van der Waals surface area contributed by atoms with Crippen LogP contribution in [0.2, 0.25) is 0 Å². The molecule has 3 nitrogen and oxygen atoms in total. The van der Waals surface area contributed by atoms with Gasteiger partial charge in [0.2, 0.25) is 0 Å².